The molecule has 1 heterocycles. The molecule has 3 heteroatoms. The maximum Gasteiger partial charge on any atom is 0.150 e. The monoisotopic (exact) mass is 230 g/mol. The number of hydrogen-bond acceptors (Lipinski definition) is 3. The first-order valence-corrected chi connectivity index (χ1v) is 5.93. The first kappa shape index (κ1) is 11.9. The van der Waals surface area contributed by atoms with Gasteiger partial charge in [-0.3, -0.25) is 0 Å². The summed E-state index contributed by atoms with van der Waals surface area (Å²) >= 11 is 0. The topological polar surface area (TPSA) is 38.1 Å². The molecule has 1 unspecified atom stereocenters. The summed E-state index contributed by atoms with van der Waals surface area (Å²) in [6.45, 7) is 5.81. The second-order valence-corrected chi connectivity index (χ2v) is 4.38. The van der Waals surface area contributed by atoms with Crippen molar-refractivity contribution >= 4 is 0 Å². The zero-order valence-electron chi connectivity index (χ0n) is 10.3. The van der Waals surface area contributed by atoms with Crippen LogP contribution in [-0.2, 0) is 6.54 Å². The van der Waals surface area contributed by atoms with Crippen LogP contribution in [0.2, 0.25) is 0 Å². The van der Waals surface area contributed by atoms with E-state index >= 15 is 0 Å². The van der Waals surface area contributed by atoms with Crippen molar-refractivity contribution in [2.24, 2.45) is 0 Å². The SMILES string of the molecule is Cc1cc(CNCC(C)c2ccccc2)on1. The molecule has 0 aliphatic heterocycles. The minimum Gasteiger partial charge on any atom is -0.360 e. The quantitative estimate of drug-likeness (QED) is 0.858. The van der Waals surface area contributed by atoms with Crippen molar-refractivity contribution in [3.8, 4) is 0 Å². The molecule has 3 nitrogen and oxygen atoms in total. The summed E-state index contributed by atoms with van der Waals surface area (Å²) in [5.41, 5.74) is 2.28. The summed E-state index contributed by atoms with van der Waals surface area (Å²) in [5, 5.41) is 7.24. The van der Waals surface area contributed by atoms with E-state index in [1.165, 1.54) is 5.56 Å². The minimum absolute atomic E-state index is 0.500. The second kappa shape index (κ2) is 5.64. The molecule has 0 aliphatic rings. The fourth-order valence-electron chi connectivity index (χ4n) is 1.81. The summed E-state index contributed by atoms with van der Waals surface area (Å²) in [7, 11) is 0. The van der Waals surface area contributed by atoms with Crippen LogP contribution in [0.15, 0.2) is 40.9 Å². The Balaban J connectivity index is 1.79. The van der Waals surface area contributed by atoms with Crippen molar-refractivity contribution in [1.82, 2.24) is 10.5 Å². The van der Waals surface area contributed by atoms with E-state index in [9.17, 15) is 0 Å². The van der Waals surface area contributed by atoms with Crippen LogP contribution in [0.4, 0.5) is 0 Å². The lowest BCUT2D eigenvalue weighted by Crippen LogP contribution is -2.19. The number of hydrogen-bond donors (Lipinski definition) is 1. The van der Waals surface area contributed by atoms with E-state index in [1.54, 1.807) is 0 Å². The Hall–Kier alpha value is -1.61. The van der Waals surface area contributed by atoms with Gasteiger partial charge >= 0.3 is 0 Å². The summed E-state index contributed by atoms with van der Waals surface area (Å²) in [6.07, 6.45) is 0. The first-order valence-electron chi connectivity index (χ1n) is 5.93. The van der Waals surface area contributed by atoms with Gasteiger partial charge in [-0.25, -0.2) is 0 Å². The smallest absolute Gasteiger partial charge is 0.150 e. The van der Waals surface area contributed by atoms with Gasteiger partial charge in [-0.2, -0.15) is 0 Å². The minimum atomic E-state index is 0.500. The Morgan fingerprint density at radius 2 is 2.06 bits per heavy atom. The molecular formula is C14H18N2O. The van der Waals surface area contributed by atoms with Crippen LogP contribution in [0, 0.1) is 6.92 Å². The normalized spacial score (nSPS) is 12.6. The summed E-state index contributed by atoms with van der Waals surface area (Å²) in [5.74, 6) is 1.39. The van der Waals surface area contributed by atoms with Crippen LogP contribution in [0.1, 0.15) is 29.9 Å². The third-order valence-corrected chi connectivity index (χ3v) is 2.80. The van der Waals surface area contributed by atoms with Crippen LogP contribution in [0.3, 0.4) is 0 Å². The predicted molar refractivity (Wildman–Crippen MR) is 67.8 cm³/mol. The van der Waals surface area contributed by atoms with Gasteiger partial charge in [-0.1, -0.05) is 42.4 Å². The van der Waals surface area contributed by atoms with Gasteiger partial charge < -0.3 is 9.84 Å². The standard InChI is InChI=1S/C14H18N2O/c1-11(13-6-4-3-5-7-13)9-15-10-14-8-12(2)16-17-14/h3-8,11,15H,9-10H2,1-2H3. The van der Waals surface area contributed by atoms with E-state index in [0.717, 1.165) is 24.5 Å². The lowest BCUT2D eigenvalue weighted by atomic mass is 10.0. The van der Waals surface area contributed by atoms with E-state index in [1.807, 2.05) is 19.1 Å². The largest absolute Gasteiger partial charge is 0.360 e. The van der Waals surface area contributed by atoms with Crippen molar-refractivity contribution in [3.63, 3.8) is 0 Å². The highest BCUT2D eigenvalue weighted by Gasteiger charge is 2.05. The molecular weight excluding hydrogens is 212 g/mol. The van der Waals surface area contributed by atoms with E-state index in [2.05, 4.69) is 41.7 Å². The van der Waals surface area contributed by atoms with Crippen molar-refractivity contribution in [2.75, 3.05) is 6.54 Å². The second-order valence-electron chi connectivity index (χ2n) is 4.38. The fraction of sp³-hybridized carbons (Fsp3) is 0.357. The molecule has 90 valence electrons. The number of nitrogens with zero attached hydrogens (tertiary/aromatic N) is 1. The van der Waals surface area contributed by atoms with Crippen LogP contribution in [-0.4, -0.2) is 11.7 Å². The van der Waals surface area contributed by atoms with Gasteiger partial charge in [0.15, 0.2) is 5.76 Å². The van der Waals surface area contributed by atoms with Gasteiger partial charge in [-0.05, 0) is 18.4 Å². The van der Waals surface area contributed by atoms with Gasteiger partial charge in [0.1, 0.15) is 0 Å². The Kier molecular flexibility index (Phi) is 3.94. The van der Waals surface area contributed by atoms with E-state index < -0.39 is 0 Å². The summed E-state index contributed by atoms with van der Waals surface area (Å²) in [6, 6.07) is 12.5. The molecule has 17 heavy (non-hydrogen) atoms. The average Bonchev–Trinajstić information content (AvgIpc) is 2.76. The number of rotatable bonds is 5. The van der Waals surface area contributed by atoms with Crippen LogP contribution < -0.4 is 5.32 Å². The fourth-order valence-corrected chi connectivity index (χ4v) is 1.81. The highest BCUT2D eigenvalue weighted by molar-refractivity contribution is 5.19. The number of benzene rings is 1. The third kappa shape index (κ3) is 3.43. The Morgan fingerprint density at radius 1 is 1.29 bits per heavy atom. The molecule has 0 fully saturated rings. The molecule has 0 saturated carbocycles. The Morgan fingerprint density at radius 3 is 2.71 bits per heavy atom. The van der Waals surface area contributed by atoms with Crippen LogP contribution in [0.5, 0.6) is 0 Å². The molecule has 0 spiro atoms. The van der Waals surface area contributed by atoms with Crippen molar-refractivity contribution in [2.45, 2.75) is 26.3 Å². The number of nitrogens with one attached hydrogen (secondary N) is 1. The molecule has 1 N–H and O–H groups in total. The third-order valence-electron chi connectivity index (χ3n) is 2.80. The Labute approximate surface area is 102 Å². The number of aryl methyl sites for hydroxylation is 1. The summed E-state index contributed by atoms with van der Waals surface area (Å²) < 4.78 is 5.14. The molecule has 0 radical (unpaired) electrons. The highest BCUT2D eigenvalue weighted by atomic mass is 16.5. The molecule has 2 rings (SSSR count). The number of aromatic nitrogens is 1. The zero-order chi connectivity index (χ0) is 12.1. The van der Waals surface area contributed by atoms with Gasteiger partial charge in [0.25, 0.3) is 0 Å². The molecule has 1 aromatic heterocycles. The first-order chi connectivity index (χ1) is 8.25. The highest BCUT2D eigenvalue weighted by Crippen LogP contribution is 2.13. The van der Waals surface area contributed by atoms with E-state index in [4.69, 9.17) is 4.52 Å². The molecule has 1 aromatic carbocycles. The maximum atomic E-state index is 5.14. The van der Waals surface area contributed by atoms with Crippen molar-refractivity contribution < 1.29 is 4.52 Å². The van der Waals surface area contributed by atoms with Crippen molar-refractivity contribution in [1.29, 1.82) is 0 Å². The lowest BCUT2D eigenvalue weighted by Gasteiger charge is -2.11. The lowest BCUT2D eigenvalue weighted by molar-refractivity contribution is 0.368. The molecule has 1 atom stereocenters. The van der Waals surface area contributed by atoms with Gasteiger partial charge in [0.05, 0.1) is 12.2 Å². The van der Waals surface area contributed by atoms with Crippen LogP contribution >= 0.6 is 0 Å². The van der Waals surface area contributed by atoms with Crippen LogP contribution in [0.25, 0.3) is 0 Å². The van der Waals surface area contributed by atoms with Gasteiger partial charge in [0, 0.05) is 12.6 Å². The Bertz CT molecular complexity index is 450. The molecule has 0 bridgehead atoms. The molecule has 0 aliphatic carbocycles. The molecule has 2 aromatic rings. The molecule has 0 saturated heterocycles. The maximum absolute atomic E-state index is 5.14. The molecule has 0 amide bonds. The predicted octanol–water partition coefficient (Wildman–Crippen LogP) is 2.88. The van der Waals surface area contributed by atoms with E-state index in [0.29, 0.717) is 5.92 Å². The average molecular weight is 230 g/mol. The summed E-state index contributed by atoms with van der Waals surface area (Å²) in [4.78, 5) is 0. The van der Waals surface area contributed by atoms with Crippen molar-refractivity contribution in [3.05, 3.63) is 53.4 Å². The zero-order valence-corrected chi connectivity index (χ0v) is 10.3. The van der Waals surface area contributed by atoms with Gasteiger partial charge in [0.2, 0.25) is 0 Å². The van der Waals surface area contributed by atoms with Gasteiger partial charge in [-0.15, -0.1) is 0 Å². The van der Waals surface area contributed by atoms with E-state index in [-0.39, 0.29) is 0 Å².